The number of aliphatic hydroxyl groups is 2. The molecule has 0 radical (unpaired) electrons. The van der Waals surface area contributed by atoms with Crippen LogP contribution in [0.3, 0.4) is 0 Å². The number of phosphoric acid groups is 3. The maximum atomic E-state index is 12.1. The Morgan fingerprint density at radius 1 is 1.09 bits per heavy atom. The lowest BCUT2D eigenvalue weighted by Gasteiger charge is -2.19. The van der Waals surface area contributed by atoms with E-state index < -0.39 is 65.7 Å². The molecule has 0 spiro atoms. The van der Waals surface area contributed by atoms with Gasteiger partial charge < -0.3 is 40.3 Å². The molecule has 9 N–H and O–H groups in total. The van der Waals surface area contributed by atoms with Crippen LogP contribution in [0, 0.1) is 0 Å². The number of rotatable bonds is 10. The molecule has 1 fully saturated rings. The maximum absolute atomic E-state index is 12.1. The summed E-state index contributed by atoms with van der Waals surface area (Å²) in [5.41, 5.74) is 3.16. The van der Waals surface area contributed by atoms with Gasteiger partial charge in [-0.25, -0.2) is 18.5 Å². The van der Waals surface area contributed by atoms with Gasteiger partial charge in [0.2, 0.25) is 0 Å². The first-order valence-corrected chi connectivity index (χ1v) is 13.1. The highest BCUT2D eigenvalue weighted by Gasteiger charge is 2.47. The molecule has 0 aromatic carbocycles. The van der Waals surface area contributed by atoms with Gasteiger partial charge in [0, 0.05) is 18.9 Å². The topological polar surface area (TPSA) is 290 Å². The summed E-state index contributed by atoms with van der Waals surface area (Å²) in [6.07, 6.45) is -3.17. The molecule has 21 heteroatoms. The van der Waals surface area contributed by atoms with Gasteiger partial charge in [-0.05, 0) is 0 Å². The number of nitrogens with two attached hydrogens (primary N) is 1. The van der Waals surface area contributed by atoms with Gasteiger partial charge in [-0.1, -0.05) is 6.08 Å². The highest BCUT2D eigenvalue weighted by molar-refractivity contribution is 7.66. The van der Waals surface area contributed by atoms with Crippen LogP contribution in [0.2, 0.25) is 0 Å². The van der Waals surface area contributed by atoms with Crippen molar-refractivity contribution in [2.45, 2.75) is 24.4 Å². The van der Waals surface area contributed by atoms with Crippen LogP contribution >= 0.6 is 23.5 Å². The van der Waals surface area contributed by atoms with Crippen molar-refractivity contribution in [1.82, 2.24) is 9.55 Å². The van der Waals surface area contributed by atoms with Crippen LogP contribution in [0.4, 0.5) is 0 Å². The molecule has 2 rings (SSSR count). The van der Waals surface area contributed by atoms with Crippen molar-refractivity contribution in [1.29, 1.82) is 0 Å². The molecule has 1 aromatic rings. The minimum atomic E-state index is -5.76. The van der Waals surface area contributed by atoms with Crippen LogP contribution in [0.25, 0.3) is 6.20 Å². The van der Waals surface area contributed by atoms with Gasteiger partial charge in [0.25, 0.3) is 5.56 Å². The van der Waals surface area contributed by atoms with Gasteiger partial charge in [-0.15, -0.1) is 0 Å². The largest absolute Gasteiger partial charge is 0.490 e. The molecule has 1 aromatic heterocycles. The molecule has 0 amide bonds. The molecule has 0 bridgehead atoms. The van der Waals surface area contributed by atoms with E-state index in [1.807, 2.05) is 4.98 Å². The fourth-order valence-electron chi connectivity index (χ4n) is 2.60. The number of hydrogen-bond donors (Lipinski definition) is 8. The molecule has 33 heavy (non-hydrogen) atoms. The third-order valence-electron chi connectivity index (χ3n) is 3.88. The zero-order chi connectivity index (χ0) is 25.2. The Balaban J connectivity index is 2.15. The van der Waals surface area contributed by atoms with E-state index in [1.54, 1.807) is 0 Å². The molecule has 1 aliphatic heterocycles. The first-order valence-electron chi connectivity index (χ1n) is 8.57. The Kier molecular flexibility index (Phi) is 8.89. The second kappa shape index (κ2) is 10.5. The van der Waals surface area contributed by atoms with Crippen molar-refractivity contribution in [2.75, 3.05) is 13.2 Å². The number of ether oxygens (including phenoxy) is 1. The molecule has 0 aliphatic carbocycles. The smallest absolute Gasteiger partial charge is 0.387 e. The Morgan fingerprint density at radius 2 is 1.73 bits per heavy atom. The van der Waals surface area contributed by atoms with Gasteiger partial charge >= 0.3 is 29.2 Å². The number of aliphatic hydroxyl groups excluding tert-OH is 2. The summed E-state index contributed by atoms with van der Waals surface area (Å²) in [7, 11) is -16.9. The van der Waals surface area contributed by atoms with Crippen molar-refractivity contribution in [3.8, 4) is 0 Å². The van der Waals surface area contributed by atoms with Crippen molar-refractivity contribution in [3.63, 3.8) is 0 Å². The molecule has 1 aliphatic rings. The SMILES string of the molecule is NC/C=C/n1cc([C@@H]2O[C@H](COP(=O)(O)OP(=O)(O)OP(=O)(O)O)C(O)C2O)c(=O)[nH]c1=O. The summed E-state index contributed by atoms with van der Waals surface area (Å²) in [5.74, 6) is 0. The average Bonchev–Trinajstić information content (AvgIpc) is 2.91. The molecule has 188 valence electrons. The third-order valence-corrected chi connectivity index (χ3v) is 7.69. The first-order chi connectivity index (χ1) is 15.1. The number of nitrogens with one attached hydrogen (secondary N) is 1. The van der Waals surface area contributed by atoms with Gasteiger partial charge in [0.1, 0.15) is 24.4 Å². The van der Waals surface area contributed by atoms with Crippen molar-refractivity contribution < 1.29 is 61.4 Å². The standard InChI is InChI=1S/C12H20N3O15P3/c13-2-1-3-15-4-6(11(18)14-12(15)19)10-9(17)8(16)7(28-10)5-27-32(23,24)30-33(25,26)29-31(20,21)22/h1,3-4,7-10,16-17H,2,5,13H2,(H,23,24)(H,25,26)(H,14,18,19)(H2,20,21,22)/b3-1+/t7-,8?,9?,10+/m1/s1. The van der Waals surface area contributed by atoms with Crippen molar-refractivity contribution in [3.05, 3.63) is 38.7 Å². The number of nitrogens with zero attached hydrogens (tertiary/aromatic N) is 1. The summed E-state index contributed by atoms with van der Waals surface area (Å²) < 4.78 is 51.3. The van der Waals surface area contributed by atoms with Gasteiger partial charge in [-0.2, -0.15) is 8.62 Å². The molecule has 2 heterocycles. The van der Waals surface area contributed by atoms with Crippen LogP contribution < -0.4 is 17.0 Å². The van der Waals surface area contributed by atoms with E-state index in [2.05, 4.69) is 13.1 Å². The van der Waals surface area contributed by atoms with E-state index in [4.69, 9.17) is 25.2 Å². The van der Waals surface area contributed by atoms with Crippen LogP contribution in [-0.4, -0.2) is 70.8 Å². The highest BCUT2D eigenvalue weighted by Crippen LogP contribution is 2.66. The van der Waals surface area contributed by atoms with E-state index in [9.17, 15) is 38.4 Å². The predicted octanol–water partition coefficient (Wildman–Crippen LogP) is -2.53. The van der Waals surface area contributed by atoms with Crippen LogP contribution in [0.15, 0.2) is 21.9 Å². The number of phosphoric ester groups is 1. The molecule has 1 saturated heterocycles. The zero-order valence-electron chi connectivity index (χ0n) is 16.2. The quantitative estimate of drug-likeness (QED) is 0.142. The lowest BCUT2D eigenvalue weighted by atomic mass is 10.0. The summed E-state index contributed by atoms with van der Waals surface area (Å²) in [5, 5.41) is 20.3. The summed E-state index contributed by atoms with van der Waals surface area (Å²) >= 11 is 0. The number of aromatic nitrogens is 2. The Hall–Kier alpha value is -1.33. The van der Waals surface area contributed by atoms with Gasteiger partial charge in [-0.3, -0.25) is 18.9 Å². The monoisotopic (exact) mass is 539 g/mol. The Labute approximate surface area is 183 Å². The predicted molar refractivity (Wildman–Crippen MR) is 105 cm³/mol. The van der Waals surface area contributed by atoms with E-state index in [0.717, 1.165) is 10.8 Å². The van der Waals surface area contributed by atoms with Gasteiger partial charge in [0.15, 0.2) is 0 Å². The van der Waals surface area contributed by atoms with E-state index in [0.29, 0.717) is 0 Å². The van der Waals surface area contributed by atoms with Gasteiger partial charge in [0.05, 0.1) is 12.2 Å². The third kappa shape index (κ3) is 7.85. The molecular weight excluding hydrogens is 519 g/mol. The summed E-state index contributed by atoms with van der Waals surface area (Å²) in [6, 6.07) is 0. The zero-order valence-corrected chi connectivity index (χ0v) is 18.9. The molecule has 6 atom stereocenters. The maximum Gasteiger partial charge on any atom is 0.490 e. The fourth-order valence-corrected chi connectivity index (χ4v) is 5.63. The minimum absolute atomic E-state index is 0.0604. The normalized spacial score (nSPS) is 27.5. The lowest BCUT2D eigenvalue weighted by Crippen LogP contribution is -2.35. The average molecular weight is 539 g/mol. The second-order valence-corrected chi connectivity index (χ2v) is 10.8. The summed E-state index contributed by atoms with van der Waals surface area (Å²) in [6.45, 7) is -1.01. The van der Waals surface area contributed by atoms with Crippen LogP contribution in [0.1, 0.15) is 11.7 Å². The number of aromatic amines is 1. The Morgan fingerprint density at radius 3 is 2.30 bits per heavy atom. The van der Waals surface area contributed by atoms with Crippen molar-refractivity contribution in [2.24, 2.45) is 5.73 Å². The second-order valence-electron chi connectivity index (χ2n) is 6.33. The molecule has 0 saturated carbocycles. The van der Waals surface area contributed by atoms with Crippen molar-refractivity contribution >= 4 is 29.7 Å². The molecule has 18 nitrogen and oxygen atoms in total. The van der Waals surface area contributed by atoms with Crippen LogP contribution in [0.5, 0.6) is 0 Å². The number of hydrogen-bond acceptors (Lipinski definition) is 12. The first kappa shape index (κ1) is 27.9. The fraction of sp³-hybridized carbons (Fsp3) is 0.500. The summed E-state index contributed by atoms with van der Waals surface area (Å²) in [4.78, 5) is 61.5. The molecular formula is C12H20N3O15P3. The minimum Gasteiger partial charge on any atom is -0.387 e. The Bertz CT molecular complexity index is 1140. The van der Waals surface area contributed by atoms with E-state index >= 15 is 0 Å². The van der Waals surface area contributed by atoms with Crippen LogP contribution in [-0.2, 0) is 31.6 Å². The van der Waals surface area contributed by atoms with E-state index in [-0.39, 0.29) is 12.1 Å². The highest BCUT2D eigenvalue weighted by atomic mass is 31.3. The number of H-pyrrole nitrogens is 1. The van der Waals surface area contributed by atoms with E-state index in [1.165, 1.54) is 12.3 Å². The molecule has 4 unspecified atom stereocenters. The lowest BCUT2D eigenvalue weighted by molar-refractivity contribution is -0.0227.